The average molecular weight is 632 g/mol. The van der Waals surface area contributed by atoms with Crippen LogP contribution in [-0.2, 0) is 32.2 Å². The Morgan fingerprint density at radius 1 is 0.750 bits per heavy atom. The molecule has 7 nitrogen and oxygen atoms in total. The lowest BCUT2D eigenvalue weighted by molar-refractivity contribution is -0.321. The molecule has 0 amide bonds. The van der Waals surface area contributed by atoms with Crippen molar-refractivity contribution < 1.29 is 45.3 Å². The summed E-state index contributed by atoms with van der Waals surface area (Å²) in [4.78, 5) is 0. The van der Waals surface area contributed by atoms with E-state index in [2.05, 4.69) is 16.2 Å². The molecule has 13 heteroatoms. The molecule has 0 spiro atoms. The summed E-state index contributed by atoms with van der Waals surface area (Å²) in [7, 11) is 0. The van der Waals surface area contributed by atoms with E-state index in [1.807, 2.05) is 30.3 Å². The highest BCUT2D eigenvalue weighted by molar-refractivity contribution is 5.14. The number of nitrogens with one attached hydrogen (secondary N) is 3. The first kappa shape index (κ1) is 33.1. The number of ether oxygens (including phenoxy) is 4. The molecular weight excluding hydrogens is 592 g/mol. The van der Waals surface area contributed by atoms with Crippen LogP contribution in [0.2, 0.25) is 0 Å². The number of fused-ring (bicyclic) bond motifs is 5. The van der Waals surface area contributed by atoms with E-state index in [0.717, 1.165) is 5.56 Å². The smallest absolute Gasteiger partial charge is 0.374 e. The second-order valence-corrected chi connectivity index (χ2v) is 11.7. The van der Waals surface area contributed by atoms with E-state index in [1.54, 1.807) is 30.3 Å². The zero-order valence-corrected chi connectivity index (χ0v) is 24.2. The van der Waals surface area contributed by atoms with E-state index in [1.165, 1.54) is 0 Å². The van der Waals surface area contributed by atoms with Crippen molar-refractivity contribution in [2.45, 2.75) is 107 Å². The third-order valence-corrected chi connectivity index (χ3v) is 8.53. The van der Waals surface area contributed by atoms with E-state index in [0.29, 0.717) is 24.8 Å². The topological polar surface area (TPSA) is 73.0 Å². The molecule has 5 unspecified atom stereocenters. The summed E-state index contributed by atoms with van der Waals surface area (Å²) in [5.74, 6) is -1.79. The number of piperidine rings is 1. The fourth-order valence-corrected chi connectivity index (χ4v) is 6.08. The van der Waals surface area contributed by atoms with Gasteiger partial charge < -0.3 is 18.9 Å². The molecule has 3 fully saturated rings. The maximum Gasteiger partial charge on any atom is 0.421 e. The Kier molecular flexibility index (Phi) is 10.9. The molecule has 3 aliphatic rings. The van der Waals surface area contributed by atoms with Gasteiger partial charge in [-0.1, -0.05) is 79.9 Å². The van der Waals surface area contributed by atoms with Crippen LogP contribution in [0.5, 0.6) is 0 Å². The number of halogens is 6. The van der Waals surface area contributed by atoms with Gasteiger partial charge in [-0.15, -0.1) is 0 Å². The molecule has 2 aromatic rings. The number of hydrogen-bond acceptors (Lipinski definition) is 7. The van der Waals surface area contributed by atoms with Gasteiger partial charge in [-0.3, -0.25) is 5.32 Å². The second-order valence-electron chi connectivity index (χ2n) is 11.7. The van der Waals surface area contributed by atoms with Crippen molar-refractivity contribution in [3.63, 3.8) is 0 Å². The van der Waals surface area contributed by atoms with Crippen LogP contribution in [0, 0.1) is 5.92 Å². The van der Waals surface area contributed by atoms with Gasteiger partial charge in [0.25, 0.3) is 0 Å². The highest BCUT2D eigenvalue weighted by atomic mass is 19.4. The molecule has 5 rings (SSSR count). The van der Waals surface area contributed by atoms with Crippen LogP contribution in [0.1, 0.15) is 56.1 Å². The zero-order valence-electron chi connectivity index (χ0n) is 24.2. The zero-order chi connectivity index (χ0) is 31.2. The van der Waals surface area contributed by atoms with Gasteiger partial charge in [0.15, 0.2) is 6.23 Å². The van der Waals surface area contributed by atoms with E-state index < -0.39 is 54.7 Å². The maximum atomic E-state index is 15.0. The van der Waals surface area contributed by atoms with E-state index in [9.17, 15) is 26.3 Å². The summed E-state index contributed by atoms with van der Waals surface area (Å²) in [5, 5.41) is 2.91. The quantitative estimate of drug-likeness (QED) is 0.319. The Hall–Kier alpha value is -2.26. The Labute approximate surface area is 252 Å². The molecule has 3 aliphatic heterocycles. The summed E-state index contributed by atoms with van der Waals surface area (Å²) >= 11 is 0. The first-order valence-corrected chi connectivity index (χ1v) is 15.1. The molecule has 2 aromatic carbocycles. The van der Waals surface area contributed by atoms with Crippen molar-refractivity contribution >= 4 is 0 Å². The van der Waals surface area contributed by atoms with Gasteiger partial charge >= 0.3 is 12.4 Å². The predicted octanol–water partition coefficient (Wildman–Crippen LogP) is 6.10. The van der Waals surface area contributed by atoms with Crippen molar-refractivity contribution in [2.75, 3.05) is 6.61 Å². The highest BCUT2D eigenvalue weighted by Crippen LogP contribution is 2.44. The minimum absolute atomic E-state index is 0.00909. The molecule has 0 saturated carbocycles. The maximum absolute atomic E-state index is 15.0. The van der Waals surface area contributed by atoms with Gasteiger partial charge in [0.2, 0.25) is 5.60 Å². The molecular formula is C31H39F6N3O4. The lowest BCUT2D eigenvalue weighted by Gasteiger charge is -2.42. The normalized spacial score (nSPS) is 32.2. The largest absolute Gasteiger partial charge is 0.421 e. The number of rotatable bonds is 7. The number of alkyl halides is 6. The summed E-state index contributed by atoms with van der Waals surface area (Å²) in [5.41, 5.74) is 4.14. The van der Waals surface area contributed by atoms with E-state index in [-0.39, 0.29) is 45.5 Å². The van der Waals surface area contributed by atoms with Crippen LogP contribution < -0.4 is 16.2 Å². The number of hydrazine groups is 1. The number of hydrogen-bond donors (Lipinski definition) is 3. The van der Waals surface area contributed by atoms with Crippen LogP contribution in [0.4, 0.5) is 26.3 Å². The monoisotopic (exact) mass is 631 g/mol. The molecule has 3 heterocycles. The molecule has 0 radical (unpaired) electrons. The Morgan fingerprint density at radius 3 is 2.09 bits per heavy atom. The molecule has 4 bridgehead atoms. The van der Waals surface area contributed by atoms with Crippen molar-refractivity contribution in [3.8, 4) is 0 Å². The number of benzene rings is 2. The summed E-state index contributed by atoms with van der Waals surface area (Å²) in [6.07, 6.45) is -13.5. The summed E-state index contributed by atoms with van der Waals surface area (Å²) < 4.78 is 111. The van der Waals surface area contributed by atoms with Crippen LogP contribution in [-0.4, -0.2) is 55.4 Å². The molecule has 0 aromatic heterocycles. The van der Waals surface area contributed by atoms with Gasteiger partial charge in [0.1, 0.15) is 12.5 Å². The second kappa shape index (κ2) is 14.4. The van der Waals surface area contributed by atoms with Crippen LogP contribution in [0.3, 0.4) is 0 Å². The summed E-state index contributed by atoms with van der Waals surface area (Å²) in [6, 6.07) is 17.1. The fraction of sp³-hybridized carbons (Fsp3) is 0.613. The SMILES string of the molecule is FC(F)(F)C1CCC2NC1O[C@H](COCc1ccccc1)CCCCC[C@](OCc1ccccc1)(C(F)(F)F)C1NNC2O1. The Bertz CT molecular complexity index is 1160. The molecule has 44 heavy (non-hydrogen) atoms. The third kappa shape index (κ3) is 8.11. The Morgan fingerprint density at radius 2 is 1.43 bits per heavy atom. The van der Waals surface area contributed by atoms with Crippen LogP contribution in [0.15, 0.2) is 60.7 Å². The first-order valence-electron chi connectivity index (χ1n) is 15.1. The highest BCUT2D eigenvalue weighted by Gasteiger charge is 2.63. The van der Waals surface area contributed by atoms with Crippen molar-refractivity contribution in [2.24, 2.45) is 5.92 Å². The van der Waals surface area contributed by atoms with E-state index in [4.69, 9.17) is 18.9 Å². The van der Waals surface area contributed by atoms with E-state index >= 15 is 0 Å². The third-order valence-electron chi connectivity index (χ3n) is 8.53. The van der Waals surface area contributed by atoms with Gasteiger partial charge in [0.05, 0.1) is 37.9 Å². The van der Waals surface area contributed by atoms with Crippen molar-refractivity contribution in [3.05, 3.63) is 71.8 Å². The lowest BCUT2D eigenvalue weighted by atomic mass is 9.90. The minimum Gasteiger partial charge on any atom is -0.374 e. The predicted molar refractivity (Wildman–Crippen MR) is 148 cm³/mol. The van der Waals surface area contributed by atoms with Gasteiger partial charge in [-0.2, -0.15) is 26.3 Å². The lowest BCUT2D eigenvalue weighted by Crippen LogP contribution is -2.61. The molecule has 244 valence electrons. The van der Waals surface area contributed by atoms with Gasteiger partial charge in [-0.05, 0) is 36.8 Å². The first-order chi connectivity index (χ1) is 21.0. The standard InChI is InChI=1S/C31H39F6N3O4/c32-30(33,34)24-15-16-25-27-39-40-28(44-27)29(31(35,36)37,42-19-22-12-6-2-7-13-22)17-9-3-8-14-23(43-26(24)38-25)20-41-18-21-10-4-1-5-11-21/h1-2,4-7,10-13,23-28,38-40H,3,8-9,14-20H2/t23-,24?,25?,26?,27?,28?,29+/m0/s1. The Balaban J connectivity index is 1.37. The minimum atomic E-state index is -4.81. The molecule has 3 N–H and O–H groups in total. The van der Waals surface area contributed by atoms with Crippen molar-refractivity contribution in [1.29, 1.82) is 0 Å². The molecule has 7 atom stereocenters. The van der Waals surface area contributed by atoms with Gasteiger partial charge in [-0.25, -0.2) is 10.9 Å². The molecule has 0 aliphatic carbocycles. The fourth-order valence-electron chi connectivity index (χ4n) is 6.08. The van der Waals surface area contributed by atoms with Crippen LogP contribution >= 0.6 is 0 Å². The van der Waals surface area contributed by atoms with Gasteiger partial charge in [0, 0.05) is 0 Å². The summed E-state index contributed by atoms with van der Waals surface area (Å²) in [6.45, 7) is -0.00108. The molecule has 3 saturated heterocycles. The van der Waals surface area contributed by atoms with Crippen molar-refractivity contribution in [1.82, 2.24) is 16.2 Å². The average Bonchev–Trinajstić information content (AvgIpc) is 3.48. The van der Waals surface area contributed by atoms with Crippen LogP contribution in [0.25, 0.3) is 0 Å².